The molecule has 0 radical (unpaired) electrons. The molecule has 0 heterocycles. The molecule has 16 heavy (non-hydrogen) atoms. The number of hydrogen-bond donors (Lipinski definition) is 4. The van der Waals surface area contributed by atoms with Gasteiger partial charge in [-0.2, -0.15) is 0 Å². The first-order chi connectivity index (χ1) is 7.59. The first-order valence-electron chi connectivity index (χ1n) is 5.60. The van der Waals surface area contributed by atoms with Gasteiger partial charge in [-0.3, -0.25) is 0 Å². The molecule has 1 aromatic rings. The van der Waals surface area contributed by atoms with Crippen LogP contribution >= 0.6 is 0 Å². The number of rotatable bonds is 2. The topological polar surface area (TPSA) is 86.7 Å². The Bertz CT molecular complexity index is 363. The van der Waals surface area contributed by atoms with E-state index in [0.717, 1.165) is 25.7 Å². The Morgan fingerprint density at radius 1 is 1.06 bits per heavy atom. The van der Waals surface area contributed by atoms with Gasteiger partial charge >= 0.3 is 0 Å². The van der Waals surface area contributed by atoms with E-state index in [9.17, 15) is 15.3 Å². The fourth-order valence-corrected chi connectivity index (χ4v) is 2.50. The van der Waals surface area contributed by atoms with Crippen molar-refractivity contribution in [1.29, 1.82) is 0 Å². The molecule has 1 fully saturated rings. The Labute approximate surface area is 94.3 Å². The average molecular weight is 223 g/mol. The summed E-state index contributed by atoms with van der Waals surface area (Å²) >= 11 is 0. The zero-order valence-corrected chi connectivity index (χ0v) is 9.06. The number of nitrogens with two attached hydrogens (primary N) is 1. The summed E-state index contributed by atoms with van der Waals surface area (Å²) in [5.41, 5.74) is 6.40. The second-order valence-electron chi connectivity index (χ2n) is 4.47. The Morgan fingerprint density at radius 2 is 1.56 bits per heavy atom. The van der Waals surface area contributed by atoms with Crippen LogP contribution in [-0.2, 0) is 0 Å². The predicted molar refractivity (Wildman–Crippen MR) is 60.3 cm³/mol. The number of benzene rings is 1. The summed E-state index contributed by atoms with van der Waals surface area (Å²) in [6.45, 7) is 0. The van der Waals surface area contributed by atoms with Crippen LogP contribution < -0.4 is 5.73 Å². The molecule has 1 aromatic carbocycles. The summed E-state index contributed by atoms with van der Waals surface area (Å²) in [7, 11) is 0. The molecule has 2 rings (SSSR count). The van der Waals surface area contributed by atoms with Crippen molar-refractivity contribution in [2.45, 2.75) is 31.7 Å². The lowest BCUT2D eigenvalue weighted by molar-refractivity contribution is 0.379. The third kappa shape index (κ3) is 1.93. The number of hydrogen-bond acceptors (Lipinski definition) is 4. The quantitative estimate of drug-likeness (QED) is 0.617. The fraction of sp³-hybridized carbons (Fsp3) is 0.500. The van der Waals surface area contributed by atoms with Crippen molar-refractivity contribution >= 4 is 0 Å². The van der Waals surface area contributed by atoms with Gasteiger partial charge in [-0.05, 0) is 18.8 Å². The SMILES string of the molecule is N[C@H](c1c(O)cc(O)cc1O)C1CCCC1. The summed E-state index contributed by atoms with van der Waals surface area (Å²) in [4.78, 5) is 0. The van der Waals surface area contributed by atoms with Gasteiger partial charge in [0.15, 0.2) is 0 Å². The number of phenolic OH excluding ortho intramolecular Hbond substituents is 3. The zero-order valence-electron chi connectivity index (χ0n) is 9.06. The Balaban J connectivity index is 2.31. The maximum atomic E-state index is 9.70. The van der Waals surface area contributed by atoms with Crippen LogP contribution in [-0.4, -0.2) is 15.3 Å². The van der Waals surface area contributed by atoms with Crippen molar-refractivity contribution in [3.63, 3.8) is 0 Å². The lowest BCUT2D eigenvalue weighted by Crippen LogP contribution is -2.19. The summed E-state index contributed by atoms with van der Waals surface area (Å²) < 4.78 is 0. The molecule has 0 saturated heterocycles. The molecule has 1 aliphatic carbocycles. The summed E-state index contributed by atoms with van der Waals surface area (Å²) in [6, 6.07) is 2.07. The van der Waals surface area contributed by atoms with E-state index < -0.39 is 0 Å². The number of aromatic hydroxyl groups is 3. The van der Waals surface area contributed by atoms with Crippen molar-refractivity contribution in [2.75, 3.05) is 0 Å². The molecule has 0 unspecified atom stereocenters. The fourth-order valence-electron chi connectivity index (χ4n) is 2.50. The summed E-state index contributed by atoms with van der Waals surface area (Å²) in [5, 5.41) is 28.6. The normalized spacial score (nSPS) is 18.8. The average Bonchev–Trinajstić information content (AvgIpc) is 2.67. The van der Waals surface area contributed by atoms with Gasteiger partial charge in [0.05, 0.1) is 5.56 Å². The monoisotopic (exact) mass is 223 g/mol. The van der Waals surface area contributed by atoms with Crippen LogP contribution in [0.25, 0.3) is 0 Å². The summed E-state index contributed by atoms with van der Waals surface area (Å²) in [5.74, 6) is -0.104. The summed E-state index contributed by atoms with van der Waals surface area (Å²) in [6.07, 6.45) is 4.36. The molecule has 5 N–H and O–H groups in total. The number of phenols is 3. The third-order valence-electron chi connectivity index (χ3n) is 3.36. The van der Waals surface area contributed by atoms with Crippen LogP contribution in [0.4, 0.5) is 0 Å². The molecular formula is C12H17NO3. The lowest BCUT2D eigenvalue weighted by atomic mass is 9.91. The molecule has 0 amide bonds. The van der Waals surface area contributed by atoms with Crippen molar-refractivity contribution < 1.29 is 15.3 Å². The second kappa shape index (κ2) is 4.22. The van der Waals surface area contributed by atoms with E-state index in [0.29, 0.717) is 11.5 Å². The minimum Gasteiger partial charge on any atom is -0.508 e. The zero-order chi connectivity index (χ0) is 11.7. The van der Waals surface area contributed by atoms with E-state index >= 15 is 0 Å². The van der Waals surface area contributed by atoms with E-state index in [4.69, 9.17) is 5.73 Å². The molecule has 1 aliphatic rings. The van der Waals surface area contributed by atoms with Gasteiger partial charge in [-0.25, -0.2) is 0 Å². The highest BCUT2D eigenvalue weighted by molar-refractivity contribution is 5.50. The molecule has 0 spiro atoms. The van der Waals surface area contributed by atoms with Gasteiger partial charge in [-0.15, -0.1) is 0 Å². The lowest BCUT2D eigenvalue weighted by Gasteiger charge is -2.21. The minimum atomic E-state index is -0.358. The molecule has 4 heteroatoms. The molecule has 4 nitrogen and oxygen atoms in total. The van der Waals surface area contributed by atoms with E-state index in [1.54, 1.807) is 0 Å². The Hall–Kier alpha value is -1.42. The highest BCUT2D eigenvalue weighted by Crippen LogP contribution is 2.42. The first-order valence-corrected chi connectivity index (χ1v) is 5.60. The van der Waals surface area contributed by atoms with Crippen LogP contribution in [0, 0.1) is 5.92 Å². The molecule has 0 aliphatic heterocycles. The van der Waals surface area contributed by atoms with E-state index in [1.165, 1.54) is 12.1 Å². The van der Waals surface area contributed by atoms with E-state index in [1.807, 2.05) is 0 Å². The van der Waals surface area contributed by atoms with Gasteiger partial charge in [0.2, 0.25) is 0 Å². The van der Waals surface area contributed by atoms with Gasteiger partial charge in [0, 0.05) is 18.2 Å². The molecule has 1 saturated carbocycles. The van der Waals surface area contributed by atoms with Crippen LogP contribution in [0.2, 0.25) is 0 Å². The Kier molecular flexibility index (Phi) is 2.92. The molecule has 0 aromatic heterocycles. The smallest absolute Gasteiger partial charge is 0.127 e. The van der Waals surface area contributed by atoms with Crippen LogP contribution in [0.15, 0.2) is 12.1 Å². The van der Waals surface area contributed by atoms with Crippen molar-refractivity contribution in [1.82, 2.24) is 0 Å². The van der Waals surface area contributed by atoms with Crippen LogP contribution in [0.3, 0.4) is 0 Å². The minimum absolute atomic E-state index is 0.128. The maximum absolute atomic E-state index is 9.70. The predicted octanol–water partition coefficient (Wildman–Crippen LogP) is 1.99. The molecule has 1 atom stereocenters. The maximum Gasteiger partial charge on any atom is 0.127 e. The largest absolute Gasteiger partial charge is 0.508 e. The first kappa shape index (κ1) is 11.1. The highest BCUT2D eigenvalue weighted by Gasteiger charge is 2.27. The van der Waals surface area contributed by atoms with Gasteiger partial charge in [0.1, 0.15) is 17.2 Å². The van der Waals surface area contributed by atoms with Crippen LogP contribution in [0.1, 0.15) is 37.3 Å². The van der Waals surface area contributed by atoms with Gasteiger partial charge in [-0.1, -0.05) is 12.8 Å². The standard InChI is InChI=1S/C12H17NO3/c13-12(7-3-1-2-4-7)11-9(15)5-8(14)6-10(11)16/h5-7,12,14-16H,1-4,13H2/t12-/m0/s1. The van der Waals surface area contributed by atoms with Crippen LogP contribution in [0.5, 0.6) is 17.2 Å². The van der Waals surface area contributed by atoms with Crippen molar-refractivity contribution in [3.05, 3.63) is 17.7 Å². The van der Waals surface area contributed by atoms with Gasteiger partial charge in [0.25, 0.3) is 0 Å². The molecule has 88 valence electrons. The second-order valence-corrected chi connectivity index (χ2v) is 4.47. The van der Waals surface area contributed by atoms with Gasteiger partial charge < -0.3 is 21.1 Å². The molecular weight excluding hydrogens is 206 g/mol. The van der Waals surface area contributed by atoms with Crippen molar-refractivity contribution in [3.8, 4) is 17.2 Å². The van der Waals surface area contributed by atoms with E-state index in [-0.39, 0.29) is 23.3 Å². The Morgan fingerprint density at radius 3 is 2.06 bits per heavy atom. The highest BCUT2D eigenvalue weighted by atomic mass is 16.3. The van der Waals surface area contributed by atoms with Crippen molar-refractivity contribution in [2.24, 2.45) is 11.7 Å². The third-order valence-corrected chi connectivity index (χ3v) is 3.36. The molecule has 0 bridgehead atoms. The van der Waals surface area contributed by atoms with E-state index in [2.05, 4.69) is 0 Å².